The summed E-state index contributed by atoms with van der Waals surface area (Å²) in [7, 11) is 1.51. The Morgan fingerprint density at radius 1 is 1.25 bits per heavy atom. The summed E-state index contributed by atoms with van der Waals surface area (Å²) < 4.78 is 22.3. The van der Waals surface area contributed by atoms with Crippen LogP contribution in [0.1, 0.15) is 36.5 Å². The first kappa shape index (κ1) is 15.3. The molecule has 1 heterocycles. The van der Waals surface area contributed by atoms with Crippen molar-refractivity contribution in [2.45, 2.75) is 31.1 Å². The fourth-order valence-corrected chi connectivity index (χ4v) is 3.26. The molecule has 0 bridgehead atoms. The zero-order valence-electron chi connectivity index (χ0n) is 11.4. The van der Waals surface area contributed by atoms with Gasteiger partial charge in [0, 0.05) is 29.3 Å². The van der Waals surface area contributed by atoms with Crippen molar-refractivity contribution in [1.82, 2.24) is 4.90 Å². The van der Waals surface area contributed by atoms with Crippen molar-refractivity contribution in [2.24, 2.45) is 5.92 Å². The maximum atomic E-state index is 12.3. The second-order valence-electron chi connectivity index (χ2n) is 5.11. The number of benzene rings is 1. The number of halogens is 1. The van der Waals surface area contributed by atoms with Gasteiger partial charge in [-0.2, -0.15) is 0 Å². The van der Waals surface area contributed by atoms with E-state index in [1.54, 1.807) is 0 Å². The van der Waals surface area contributed by atoms with E-state index in [-0.39, 0.29) is 10.8 Å². The Balaban J connectivity index is 2.07. The lowest BCUT2D eigenvalue weighted by atomic mass is 9.94. The van der Waals surface area contributed by atoms with Gasteiger partial charge in [-0.15, -0.1) is 0 Å². The summed E-state index contributed by atoms with van der Waals surface area (Å²) in [5, 5.41) is 0. The van der Waals surface area contributed by atoms with Crippen LogP contribution in [0.15, 0.2) is 29.2 Å². The number of carbonyl (C=O) groups excluding carboxylic acids is 1. The Labute approximate surface area is 124 Å². The molecule has 110 valence electrons. The van der Waals surface area contributed by atoms with Crippen LogP contribution in [-0.2, 0) is 9.05 Å². The average molecular weight is 316 g/mol. The third-order valence-electron chi connectivity index (χ3n) is 3.86. The third-order valence-corrected chi connectivity index (χ3v) is 5.23. The minimum atomic E-state index is -3.73. The molecule has 4 nitrogen and oxygen atoms in total. The highest BCUT2D eigenvalue weighted by Gasteiger charge is 2.23. The van der Waals surface area contributed by atoms with Crippen molar-refractivity contribution in [3.05, 3.63) is 29.8 Å². The van der Waals surface area contributed by atoms with Gasteiger partial charge in [-0.25, -0.2) is 8.42 Å². The van der Waals surface area contributed by atoms with Crippen LogP contribution in [0, 0.1) is 5.92 Å². The molecule has 1 saturated heterocycles. The topological polar surface area (TPSA) is 54.5 Å². The maximum Gasteiger partial charge on any atom is 0.261 e. The zero-order chi connectivity index (χ0) is 14.8. The van der Waals surface area contributed by atoms with Crippen LogP contribution in [0.5, 0.6) is 0 Å². The summed E-state index contributed by atoms with van der Waals surface area (Å²) in [5.74, 6) is 0.667. The van der Waals surface area contributed by atoms with E-state index in [1.807, 2.05) is 4.90 Å². The van der Waals surface area contributed by atoms with E-state index in [1.165, 1.54) is 24.3 Å². The number of nitrogens with zero attached hydrogens (tertiary/aromatic N) is 1. The van der Waals surface area contributed by atoms with E-state index in [0.29, 0.717) is 11.5 Å². The molecule has 1 aromatic rings. The molecule has 0 aromatic heterocycles. The largest absolute Gasteiger partial charge is 0.339 e. The zero-order valence-corrected chi connectivity index (χ0v) is 13.0. The summed E-state index contributed by atoms with van der Waals surface area (Å²) in [6, 6.07) is 5.77. The molecule has 0 unspecified atom stereocenters. The van der Waals surface area contributed by atoms with Gasteiger partial charge in [0.15, 0.2) is 0 Å². The standard InChI is InChI=1S/C14H18ClNO3S/c1-2-11-7-9-16(10-8-11)14(17)12-3-5-13(6-4-12)20(15,18)19/h3-6,11H,2,7-10H2,1H3. The van der Waals surface area contributed by atoms with Crippen molar-refractivity contribution in [1.29, 1.82) is 0 Å². The first-order valence-corrected chi connectivity index (χ1v) is 9.06. The average Bonchev–Trinajstić information content (AvgIpc) is 2.46. The summed E-state index contributed by atoms with van der Waals surface area (Å²) in [6.45, 7) is 3.72. The molecule has 1 aliphatic rings. The second kappa shape index (κ2) is 6.14. The molecule has 0 aliphatic carbocycles. The SMILES string of the molecule is CCC1CCN(C(=O)c2ccc(S(=O)(=O)Cl)cc2)CC1. The first-order valence-electron chi connectivity index (χ1n) is 6.76. The van der Waals surface area contributed by atoms with Crippen LogP contribution in [0.2, 0.25) is 0 Å². The molecule has 0 N–H and O–H groups in total. The summed E-state index contributed by atoms with van der Waals surface area (Å²) >= 11 is 0. The van der Waals surface area contributed by atoms with Crippen molar-refractivity contribution >= 4 is 25.6 Å². The highest BCUT2D eigenvalue weighted by atomic mass is 35.7. The Hall–Kier alpha value is -1.07. The number of likely N-dealkylation sites (tertiary alicyclic amines) is 1. The highest BCUT2D eigenvalue weighted by Crippen LogP contribution is 2.22. The lowest BCUT2D eigenvalue weighted by molar-refractivity contribution is 0.0688. The van der Waals surface area contributed by atoms with Crippen molar-refractivity contribution in [3.8, 4) is 0 Å². The van der Waals surface area contributed by atoms with Gasteiger partial charge >= 0.3 is 0 Å². The van der Waals surface area contributed by atoms with Crippen molar-refractivity contribution < 1.29 is 13.2 Å². The normalized spacial score (nSPS) is 17.2. The van der Waals surface area contributed by atoms with E-state index in [9.17, 15) is 13.2 Å². The van der Waals surface area contributed by atoms with Gasteiger partial charge in [-0.05, 0) is 43.0 Å². The number of hydrogen-bond donors (Lipinski definition) is 0. The molecule has 1 aliphatic heterocycles. The molecule has 0 atom stereocenters. The lowest BCUT2D eigenvalue weighted by Gasteiger charge is -2.31. The minimum Gasteiger partial charge on any atom is -0.339 e. The molecule has 0 spiro atoms. The Morgan fingerprint density at radius 3 is 2.25 bits per heavy atom. The number of amides is 1. The summed E-state index contributed by atoms with van der Waals surface area (Å²) in [5.41, 5.74) is 0.504. The lowest BCUT2D eigenvalue weighted by Crippen LogP contribution is -2.38. The highest BCUT2D eigenvalue weighted by molar-refractivity contribution is 8.13. The van der Waals surface area contributed by atoms with Crippen LogP contribution >= 0.6 is 10.7 Å². The smallest absolute Gasteiger partial charge is 0.261 e. The van der Waals surface area contributed by atoms with Gasteiger partial charge in [0.25, 0.3) is 15.0 Å². The maximum absolute atomic E-state index is 12.3. The van der Waals surface area contributed by atoms with Crippen LogP contribution < -0.4 is 0 Å². The van der Waals surface area contributed by atoms with E-state index < -0.39 is 9.05 Å². The quantitative estimate of drug-likeness (QED) is 0.806. The molecule has 1 fully saturated rings. The van der Waals surface area contributed by atoms with E-state index in [4.69, 9.17) is 10.7 Å². The fraction of sp³-hybridized carbons (Fsp3) is 0.500. The summed E-state index contributed by atoms with van der Waals surface area (Å²) in [4.78, 5) is 14.1. The van der Waals surface area contributed by atoms with E-state index in [2.05, 4.69) is 6.92 Å². The summed E-state index contributed by atoms with van der Waals surface area (Å²) in [6.07, 6.45) is 3.23. The van der Waals surface area contributed by atoms with Crippen LogP contribution in [0.3, 0.4) is 0 Å². The van der Waals surface area contributed by atoms with Gasteiger partial charge in [-0.3, -0.25) is 4.79 Å². The van der Waals surface area contributed by atoms with Gasteiger partial charge in [0.1, 0.15) is 0 Å². The van der Waals surface area contributed by atoms with Crippen molar-refractivity contribution in [2.75, 3.05) is 13.1 Å². The number of piperidine rings is 1. The Bertz CT molecular complexity index is 575. The van der Waals surface area contributed by atoms with E-state index >= 15 is 0 Å². The van der Waals surface area contributed by atoms with Gasteiger partial charge < -0.3 is 4.90 Å². The number of carbonyl (C=O) groups is 1. The number of rotatable bonds is 3. The molecule has 0 saturated carbocycles. The number of hydrogen-bond acceptors (Lipinski definition) is 3. The van der Waals surface area contributed by atoms with Gasteiger partial charge in [0.2, 0.25) is 0 Å². The van der Waals surface area contributed by atoms with Gasteiger partial charge in [0.05, 0.1) is 4.90 Å². The Kier molecular flexibility index (Phi) is 4.70. The minimum absolute atomic E-state index is 0.0143. The monoisotopic (exact) mass is 315 g/mol. The predicted octanol–water partition coefficient (Wildman–Crippen LogP) is 2.88. The van der Waals surface area contributed by atoms with Crippen LogP contribution in [0.25, 0.3) is 0 Å². The molecular formula is C14H18ClNO3S. The first-order chi connectivity index (χ1) is 9.41. The van der Waals surface area contributed by atoms with Gasteiger partial charge in [-0.1, -0.05) is 13.3 Å². The molecule has 20 heavy (non-hydrogen) atoms. The van der Waals surface area contributed by atoms with Crippen LogP contribution in [-0.4, -0.2) is 32.3 Å². The molecule has 0 radical (unpaired) electrons. The Morgan fingerprint density at radius 2 is 1.80 bits per heavy atom. The fourth-order valence-electron chi connectivity index (χ4n) is 2.49. The molecule has 6 heteroatoms. The predicted molar refractivity (Wildman–Crippen MR) is 78.4 cm³/mol. The molecular weight excluding hydrogens is 298 g/mol. The molecule has 1 aromatic carbocycles. The molecule has 2 rings (SSSR count). The molecule has 1 amide bonds. The third kappa shape index (κ3) is 3.52. The van der Waals surface area contributed by atoms with Crippen molar-refractivity contribution in [3.63, 3.8) is 0 Å². The second-order valence-corrected chi connectivity index (χ2v) is 7.67. The van der Waals surface area contributed by atoms with Crippen LogP contribution in [0.4, 0.5) is 0 Å². The van der Waals surface area contributed by atoms with E-state index in [0.717, 1.165) is 32.4 Å².